The fourth-order valence-corrected chi connectivity index (χ4v) is 2.35. The van der Waals surface area contributed by atoms with Crippen molar-refractivity contribution in [3.63, 3.8) is 0 Å². The van der Waals surface area contributed by atoms with Crippen LogP contribution >= 0.6 is 11.3 Å². The van der Waals surface area contributed by atoms with E-state index < -0.39 is 0 Å². The van der Waals surface area contributed by atoms with Crippen molar-refractivity contribution in [3.05, 3.63) is 41.9 Å². The van der Waals surface area contributed by atoms with E-state index in [9.17, 15) is 0 Å². The molecule has 0 aromatic carbocycles. The fraction of sp³-hybridized carbons (Fsp3) is 0. The highest BCUT2D eigenvalue weighted by atomic mass is 32.1. The maximum atomic E-state index is 5.56. The van der Waals surface area contributed by atoms with Crippen molar-refractivity contribution in [1.29, 1.82) is 0 Å². The van der Waals surface area contributed by atoms with Gasteiger partial charge in [0.25, 0.3) is 0 Å². The number of thiophene rings is 1. The van der Waals surface area contributed by atoms with Crippen molar-refractivity contribution < 1.29 is 0 Å². The molecule has 0 bridgehead atoms. The molecule has 0 aliphatic heterocycles. The first kappa shape index (κ1) is 10.0. The highest BCUT2D eigenvalue weighted by Gasteiger charge is 2.05. The first-order chi connectivity index (χ1) is 8.33. The lowest BCUT2D eigenvalue weighted by molar-refractivity contribution is 1.18. The predicted molar refractivity (Wildman–Crippen MR) is 69.5 cm³/mol. The molecule has 3 rings (SSSR count). The first-order valence-electron chi connectivity index (χ1n) is 5.15. The topological polar surface area (TPSA) is 67.6 Å². The first-order valence-corrected chi connectivity index (χ1v) is 6.03. The third kappa shape index (κ3) is 1.92. The summed E-state index contributed by atoms with van der Waals surface area (Å²) in [6, 6.07) is 9.98. The van der Waals surface area contributed by atoms with Crippen LogP contribution in [-0.2, 0) is 0 Å². The minimum absolute atomic E-state index is 0.287. The number of anilines is 1. The van der Waals surface area contributed by atoms with E-state index in [0.29, 0.717) is 0 Å². The number of rotatable bonds is 2. The van der Waals surface area contributed by atoms with E-state index in [4.69, 9.17) is 5.73 Å². The molecule has 0 atom stereocenters. The molecule has 0 spiro atoms. The van der Waals surface area contributed by atoms with Crippen LogP contribution in [0, 0.1) is 0 Å². The number of nitrogen functional groups attached to an aromatic ring is 1. The molecular formula is C12H10N4S. The zero-order chi connectivity index (χ0) is 11.7. The highest BCUT2D eigenvalue weighted by molar-refractivity contribution is 7.13. The molecule has 5 heteroatoms. The molecular weight excluding hydrogens is 232 g/mol. The second-order valence-electron chi connectivity index (χ2n) is 3.56. The summed E-state index contributed by atoms with van der Waals surface area (Å²) in [5.74, 6) is 0.287. The van der Waals surface area contributed by atoms with Crippen LogP contribution in [-0.4, -0.2) is 15.0 Å². The van der Waals surface area contributed by atoms with Crippen molar-refractivity contribution in [2.45, 2.75) is 0 Å². The molecule has 4 nitrogen and oxygen atoms in total. The average Bonchev–Trinajstić information content (AvgIpc) is 3.00. The van der Waals surface area contributed by atoms with Crippen LogP contribution in [0.25, 0.3) is 22.0 Å². The summed E-state index contributed by atoms with van der Waals surface area (Å²) in [5.41, 5.74) is 8.41. The van der Waals surface area contributed by atoms with Gasteiger partial charge in [0, 0.05) is 6.20 Å². The lowest BCUT2D eigenvalue weighted by Crippen LogP contribution is -1.95. The Labute approximate surface area is 102 Å². The van der Waals surface area contributed by atoms with Crippen molar-refractivity contribution in [3.8, 4) is 22.0 Å². The van der Waals surface area contributed by atoms with Crippen molar-refractivity contribution in [2.75, 3.05) is 5.73 Å². The minimum atomic E-state index is 0.287. The zero-order valence-corrected chi connectivity index (χ0v) is 9.74. The zero-order valence-electron chi connectivity index (χ0n) is 8.92. The Kier molecular flexibility index (Phi) is 2.38. The Morgan fingerprint density at radius 1 is 1.12 bits per heavy atom. The van der Waals surface area contributed by atoms with Gasteiger partial charge in [-0.05, 0) is 29.6 Å². The van der Waals surface area contributed by atoms with Gasteiger partial charge in [0.05, 0.1) is 22.0 Å². The van der Waals surface area contributed by atoms with E-state index in [1.165, 1.54) is 4.88 Å². The normalized spacial score (nSPS) is 10.6. The SMILES string of the molecule is Nc1nccc(-c2ccc(-c3cccs3)[nH]2)n1. The molecule has 84 valence electrons. The van der Waals surface area contributed by atoms with Crippen LogP contribution in [0.15, 0.2) is 41.9 Å². The molecule has 3 aromatic rings. The second-order valence-corrected chi connectivity index (χ2v) is 4.51. The third-order valence-corrected chi connectivity index (χ3v) is 3.33. The summed E-state index contributed by atoms with van der Waals surface area (Å²) >= 11 is 1.70. The summed E-state index contributed by atoms with van der Waals surface area (Å²) in [7, 11) is 0. The van der Waals surface area contributed by atoms with Crippen molar-refractivity contribution >= 4 is 17.3 Å². The van der Waals surface area contributed by atoms with Crippen LogP contribution in [0.3, 0.4) is 0 Å². The Morgan fingerprint density at radius 2 is 2.00 bits per heavy atom. The van der Waals surface area contributed by atoms with E-state index in [-0.39, 0.29) is 5.95 Å². The third-order valence-electron chi connectivity index (χ3n) is 2.42. The van der Waals surface area contributed by atoms with E-state index in [0.717, 1.165) is 17.1 Å². The van der Waals surface area contributed by atoms with Gasteiger partial charge in [-0.1, -0.05) is 6.07 Å². The molecule has 0 aliphatic carbocycles. The lowest BCUT2D eigenvalue weighted by Gasteiger charge is -1.97. The molecule has 3 heterocycles. The Bertz CT molecular complexity index is 628. The van der Waals surface area contributed by atoms with Crippen molar-refractivity contribution in [1.82, 2.24) is 15.0 Å². The maximum absolute atomic E-state index is 5.56. The molecule has 3 N–H and O–H groups in total. The molecule has 0 unspecified atom stereocenters. The highest BCUT2D eigenvalue weighted by Crippen LogP contribution is 2.26. The van der Waals surface area contributed by atoms with Gasteiger partial charge in [-0.25, -0.2) is 9.97 Å². The van der Waals surface area contributed by atoms with Crippen LogP contribution in [0.2, 0.25) is 0 Å². The molecule has 0 aliphatic rings. The van der Waals surface area contributed by atoms with Gasteiger partial charge in [0.2, 0.25) is 5.95 Å². The van der Waals surface area contributed by atoms with Gasteiger partial charge in [0.1, 0.15) is 0 Å². The number of aromatic nitrogens is 3. The van der Waals surface area contributed by atoms with Gasteiger partial charge in [-0.2, -0.15) is 0 Å². The van der Waals surface area contributed by atoms with Crippen LogP contribution < -0.4 is 5.73 Å². The monoisotopic (exact) mass is 242 g/mol. The summed E-state index contributed by atoms with van der Waals surface area (Å²) in [6.07, 6.45) is 1.66. The Morgan fingerprint density at radius 3 is 2.76 bits per heavy atom. The van der Waals surface area contributed by atoms with E-state index in [1.807, 2.05) is 24.3 Å². The van der Waals surface area contributed by atoms with Gasteiger partial charge < -0.3 is 10.7 Å². The molecule has 0 amide bonds. The Balaban J connectivity index is 2.01. The van der Waals surface area contributed by atoms with E-state index >= 15 is 0 Å². The largest absolute Gasteiger partial charge is 0.368 e. The van der Waals surface area contributed by atoms with E-state index in [2.05, 4.69) is 26.4 Å². The van der Waals surface area contributed by atoms with Crippen LogP contribution in [0.1, 0.15) is 0 Å². The van der Waals surface area contributed by atoms with Gasteiger partial charge >= 0.3 is 0 Å². The standard InChI is InChI=1S/C12H10N4S/c13-12-14-6-5-9(16-12)8-3-4-10(15-8)11-2-1-7-17-11/h1-7,15H,(H2,13,14,16). The second kappa shape index (κ2) is 4.03. The number of aromatic amines is 1. The van der Waals surface area contributed by atoms with E-state index in [1.54, 1.807) is 17.5 Å². The molecule has 0 fully saturated rings. The van der Waals surface area contributed by atoms with Crippen LogP contribution in [0.5, 0.6) is 0 Å². The lowest BCUT2D eigenvalue weighted by atomic mass is 10.3. The maximum Gasteiger partial charge on any atom is 0.220 e. The summed E-state index contributed by atoms with van der Waals surface area (Å²) < 4.78 is 0. The molecule has 0 saturated carbocycles. The predicted octanol–water partition coefficient (Wildman–Crippen LogP) is 2.78. The molecule has 0 saturated heterocycles. The summed E-state index contributed by atoms with van der Waals surface area (Å²) in [4.78, 5) is 12.6. The number of nitrogens with zero attached hydrogens (tertiary/aromatic N) is 2. The molecule has 17 heavy (non-hydrogen) atoms. The van der Waals surface area contributed by atoms with Crippen molar-refractivity contribution in [2.24, 2.45) is 0 Å². The van der Waals surface area contributed by atoms with Gasteiger partial charge in [0.15, 0.2) is 0 Å². The fourth-order valence-electron chi connectivity index (χ4n) is 1.64. The van der Waals surface area contributed by atoms with Gasteiger partial charge in [-0.3, -0.25) is 0 Å². The number of hydrogen-bond donors (Lipinski definition) is 2. The molecule has 0 radical (unpaired) electrons. The number of H-pyrrole nitrogens is 1. The van der Waals surface area contributed by atoms with Gasteiger partial charge in [-0.15, -0.1) is 11.3 Å². The summed E-state index contributed by atoms with van der Waals surface area (Å²) in [6.45, 7) is 0. The number of nitrogens with two attached hydrogens (primary N) is 1. The minimum Gasteiger partial charge on any atom is -0.368 e. The van der Waals surface area contributed by atoms with Crippen LogP contribution in [0.4, 0.5) is 5.95 Å². The Hall–Kier alpha value is -2.14. The summed E-state index contributed by atoms with van der Waals surface area (Å²) in [5, 5.41) is 2.05. The quantitative estimate of drug-likeness (QED) is 0.726. The number of nitrogens with one attached hydrogen (secondary N) is 1. The average molecular weight is 242 g/mol. The molecule has 3 aromatic heterocycles. The smallest absolute Gasteiger partial charge is 0.220 e. The number of hydrogen-bond acceptors (Lipinski definition) is 4.